The summed E-state index contributed by atoms with van der Waals surface area (Å²) in [4.78, 5) is 36.5. The molecular weight excluding hydrogens is 494 g/mol. The Bertz CT molecular complexity index is 1320. The van der Waals surface area contributed by atoms with Crippen molar-refractivity contribution in [2.24, 2.45) is 0 Å². The first kappa shape index (κ1) is 26.2. The fraction of sp³-hybridized carbons (Fsp3) is 0.300. The Morgan fingerprint density at radius 3 is 2.33 bits per heavy atom. The summed E-state index contributed by atoms with van der Waals surface area (Å²) in [6.07, 6.45) is 2.69. The average Bonchev–Trinajstić information content (AvgIpc) is 3.88. The van der Waals surface area contributed by atoms with Gasteiger partial charge in [0.25, 0.3) is 5.91 Å². The molecule has 3 aromatic rings. The number of ether oxygens (including phenoxy) is 1. The van der Waals surface area contributed by atoms with Crippen molar-refractivity contribution >= 4 is 29.3 Å². The second kappa shape index (κ2) is 12.0. The molecule has 2 unspecified atom stereocenters. The van der Waals surface area contributed by atoms with Gasteiger partial charge in [0.2, 0.25) is 5.91 Å². The Labute approximate surface area is 227 Å². The zero-order chi connectivity index (χ0) is 27.2. The third-order valence-electron chi connectivity index (χ3n) is 6.90. The summed E-state index contributed by atoms with van der Waals surface area (Å²) in [5.74, 6) is 0.219. The van der Waals surface area contributed by atoms with Crippen molar-refractivity contribution in [1.29, 1.82) is 0 Å². The molecule has 0 saturated heterocycles. The lowest BCUT2D eigenvalue weighted by Crippen LogP contribution is -2.36. The quantitative estimate of drug-likeness (QED) is 0.242. The number of nitrogens with two attached hydrogens (primary N) is 1. The number of alkyl carbamates (subject to hydrolysis) is 1. The summed E-state index contributed by atoms with van der Waals surface area (Å²) in [6, 6.07) is 22.8. The molecule has 2 aliphatic carbocycles. The van der Waals surface area contributed by atoms with Crippen molar-refractivity contribution in [1.82, 2.24) is 16.0 Å². The maximum atomic E-state index is 12.5. The largest absolute Gasteiger partial charge is 0.445 e. The van der Waals surface area contributed by atoms with Crippen molar-refractivity contribution in [2.45, 2.75) is 50.4 Å². The van der Waals surface area contributed by atoms with E-state index in [2.05, 4.69) is 33.4 Å². The summed E-state index contributed by atoms with van der Waals surface area (Å²) >= 11 is 0. The molecule has 0 aliphatic heterocycles. The highest BCUT2D eigenvalue weighted by atomic mass is 16.5. The lowest BCUT2D eigenvalue weighted by molar-refractivity contribution is -0.120. The molecule has 2 fully saturated rings. The first-order chi connectivity index (χ1) is 18.9. The molecule has 9 nitrogen and oxygen atoms in total. The summed E-state index contributed by atoms with van der Waals surface area (Å²) in [5, 5.41) is 11.8. The molecule has 3 aromatic carbocycles. The topological polar surface area (TPSA) is 135 Å². The number of carbonyl (C=O) groups is 3. The molecule has 6 N–H and O–H groups in total. The van der Waals surface area contributed by atoms with Crippen molar-refractivity contribution in [3.8, 4) is 0 Å². The van der Waals surface area contributed by atoms with E-state index < -0.39 is 6.09 Å². The van der Waals surface area contributed by atoms with Crippen LogP contribution >= 0.6 is 0 Å². The summed E-state index contributed by atoms with van der Waals surface area (Å²) in [7, 11) is 0. The third-order valence-corrected chi connectivity index (χ3v) is 6.90. The van der Waals surface area contributed by atoms with Crippen LogP contribution in [0, 0.1) is 0 Å². The number of hydrogen-bond donors (Lipinski definition) is 5. The van der Waals surface area contributed by atoms with E-state index in [4.69, 9.17) is 10.5 Å². The van der Waals surface area contributed by atoms with E-state index in [1.165, 1.54) is 5.56 Å². The van der Waals surface area contributed by atoms with E-state index in [1.807, 2.05) is 12.1 Å². The molecule has 2 aliphatic rings. The van der Waals surface area contributed by atoms with Crippen LogP contribution in [-0.4, -0.2) is 36.5 Å². The average molecular weight is 528 g/mol. The van der Waals surface area contributed by atoms with Gasteiger partial charge in [0.05, 0.1) is 17.9 Å². The molecule has 0 heterocycles. The Morgan fingerprint density at radius 1 is 0.897 bits per heavy atom. The van der Waals surface area contributed by atoms with Crippen molar-refractivity contribution in [3.63, 3.8) is 0 Å². The molecule has 9 heteroatoms. The summed E-state index contributed by atoms with van der Waals surface area (Å²) in [6.45, 7) is 0.809. The van der Waals surface area contributed by atoms with Crippen LogP contribution in [0.15, 0.2) is 72.8 Å². The lowest BCUT2D eigenvalue weighted by atomic mass is 10.1. The fourth-order valence-corrected chi connectivity index (χ4v) is 4.33. The summed E-state index contributed by atoms with van der Waals surface area (Å²) < 4.78 is 5.35. The smallest absolute Gasteiger partial charge is 0.407 e. The zero-order valence-electron chi connectivity index (χ0n) is 21.6. The normalized spacial score (nSPS) is 17.6. The molecule has 2 saturated carbocycles. The van der Waals surface area contributed by atoms with E-state index >= 15 is 0 Å². The number of hydrogen-bond acceptors (Lipinski definition) is 6. The molecule has 202 valence electrons. The van der Waals surface area contributed by atoms with Crippen LogP contribution < -0.4 is 27.0 Å². The van der Waals surface area contributed by atoms with Crippen LogP contribution in [0.3, 0.4) is 0 Å². The zero-order valence-corrected chi connectivity index (χ0v) is 21.6. The Morgan fingerprint density at radius 2 is 1.62 bits per heavy atom. The monoisotopic (exact) mass is 527 g/mol. The van der Waals surface area contributed by atoms with Crippen molar-refractivity contribution in [3.05, 3.63) is 95.1 Å². The maximum Gasteiger partial charge on any atom is 0.407 e. The highest BCUT2D eigenvalue weighted by Gasteiger charge is 2.38. The molecule has 5 rings (SSSR count). The molecule has 0 bridgehead atoms. The molecule has 0 radical (unpaired) electrons. The molecule has 0 aromatic heterocycles. The van der Waals surface area contributed by atoms with E-state index in [0.29, 0.717) is 41.5 Å². The number of anilines is 2. The standard InChI is InChI=1S/C30H33N5O4/c31-25-3-1-2-4-26(25)35-29(37)22-11-5-19(6-12-22)16-33-30(38)39-18-20-7-9-21(10-8-20)24-15-27(24)32-17-28(36)34-23-13-14-23/h1-12,23-24,27,32H,13-18,31H2,(H,33,38)(H,34,36)(H,35,37). The Hall–Kier alpha value is -4.37. The minimum atomic E-state index is -0.517. The molecule has 2 atom stereocenters. The highest BCUT2D eigenvalue weighted by Crippen LogP contribution is 2.40. The SMILES string of the molecule is Nc1ccccc1NC(=O)c1ccc(CNC(=O)OCc2ccc(C3CC3NCC(=O)NC3CC3)cc2)cc1. The van der Waals surface area contributed by atoms with Gasteiger partial charge in [-0.1, -0.05) is 48.5 Å². The van der Waals surface area contributed by atoms with E-state index in [1.54, 1.807) is 48.5 Å². The first-order valence-electron chi connectivity index (χ1n) is 13.2. The molecular formula is C30H33N5O4. The van der Waals surface area contributed by atoms with Crippen molar-refractivity contribution < 1.29 is 19.1 Å². The third kappa shape index (κ3) is 7.58. The maximum absolute atomic E-state index is 12.5. The van der Waals surface area contributed by atoms with Gasteiger partial charge < -0.3 is 31.7 Å². The van der Waals surface area contributed by atoms with Gasteiger partial charge in [-0.2, -0.15) is 0 Å². The predicted molar refractivity (Wildman–Crippen MR) is 149 cm³/mol. The van der Waals surface area contributed by atoms with Crippen LogP contribution in [-0.2, 0) is 22.7 Å². The van der Waals surface area contributed by atoms with Crippen LogP contribution in [0.25, 0.3) is 0 Å². The summed E-state index contributed by atoms with van der Waals surface area (Å²) in [5.41, 5.74) is 10.4. The predicted octanol–water partition coefficient (Wildman–Crippen LogP) is 3.67. The number of para-hydroxylation sites is 2. The van der Waals surface area contributed by atoms with Gasteiger partial charge in [-0.15, -0.1) is 0 Å². The number of nitrogen functional groups attached to an aromatic ring is 1. The Balaban J connectivity index is 0.998. The molecule has 3 amide bonds. The van der Waals surface area contributed by atoms with Gasteiger partial charge in [-0.25, -0.2) is 4.79 Å². The van der Waals surface area contributed by atoms with Gasteiger partial charge in [0.1, 0.15) is 6.61 Å². The second-order valence-electron chi connectivity index (χ2n) is 10.1. The molecule has 0 spiro atoms. The van der Waals surface area contributed by atoms with Crippen LogP contribution in [0.5, 0.6) is 0 Å². The minimum Gasteiger partial charge on any atom is -0.445 e. The van der Waals surface area contributed by atoms with E-state index in [0.717, 1.165) is 30.4 Å². The fourth-order valence-electron chi connectivity index (χ4n) is 4.33. The van der Waals surface area contributed by atoms with Crippen molar-refractivity contribution in [2.75, 3.05) is 17.6 Å². The van der Waals surface area contributed by atoms with E-state index in [9.17, 15) is 14.4 Å². The Kier molecular flexibility index (Phi) is 8.07. The lowest BCUT2D eigenvalue weighted by Gasteiger charge is -2.10. The second-order valence-corrected chi connectivity index (χ2v) is 10.1. The van der Waals surface area contributed by atoms with Crippen LogP contribution in [0.4, 0.5) is 16.2 Å². The van der Waals surface area contributed by atoms with Gasteiger partial charge in [0, 0.05) is 30.1 Å². The van der Waals surface area contributed by atoms with Gasteiger partial charge in [0.15, 0.2) is 0 Å². The number of nitrogens with one attached hydrogen (secondary N) is 4. The first-order valence-corrected chi connectivity index (χ1v) is 13.2. The highest BCUT2D eigenvalue weighted by molar-refractivity contribution is 6.05. The number of amides is 3. The number of carbonyl (C=O) groups excluding carboxylic acids is 3. The van der Waals surface area contributed by atoms with Gasteiger partial charge in [-0.05, 0) is 60.2 Å². The minimum absolute atomic E-state index is 0.0724. The molecule has 39 heavy (non-hydrogen) atoms. The van der Waals surface area contributed by atoms with Crippen LogP contribution in [0.2, 0.25) is 0 Å². The van der Waals surface area contributed by atoms with E-state index in [-0.39, 0.29) is 25.0 Å². The van der Waals surface area contributed by atoms with Gasteiger partial charge >= 0.3 is 6.09 Å². The number of benzene rings is 3. The van der Waals surface area contributed by atoms with Gasteiger partial charge in [-0.3, -0.25) is 9.59 Å². The number of rotatable bonds is 11. The van der Waals surface area contributed by atoms with Crippen LogP contribution in [0.1, 0.15) is 52.2 Å².